The van der Waals surface area contributed by atoms with Crippen molar-refractivity contribution in [2.75, 3.05) is 24.1 Å². The maximum absolute atomic E-state index is 11.9. The van der Waals surface area contributed by atoms with Gasteiger partial charge >= 0.3 is 0 Å². The maximum Gasteiger partial charge on any atom is 0.246 e. The molecule has 0 bridgehead atoms. The van der Waals surface area contributed by atoms with Crippen LogP contribution in [0.4, 0.5) is 11.6 Å². The number of nitrogens with zero attached hydrogens (tertiary/aromatic N) is 3. The smallest absolute Gasteiger partial charge is 0.246 e. The summed E-state index contributed by atoms with van der Waals surface area (Å²) in [4.78, 5) is 22.0. The molecular formula is C19H21ClN6O. The van der Waals surface area contributed by atoms with Gasteiger partial charge in [-0.25, -0.2) is 9.97 Å². The number of halogens is 1. The molecule has 2 aromatic rings. The number of anilines is 2. The molecule has 1 amide bonds. The fraction of sp³-hybridized carbons (Fsp3) is 0.263. The third kappa shape index (κ3) is 4.25. The Morgan fingerprint density at radius 2 is 2.11 bits per heavy atom. The van der Waals surface area contributed by atoms with E-state index >= 15 is 0 Å². The molecular weight excluding hydrogens is 364 g/mol. The number of likely N-dealkylation sites (tertiary alicyclic amines) is 1. The van der Waals surface area contributed by atoms with Gasteiger partial charge in [0.2, 0.25) is 5.91 Å². The van der Waals surface area contributed by atoms with Crippen molar-refractivity contribution in [2.45, 2.75) is 18.9 Å². The van der Waals surface area contributed by atoms with Gasteiger partial charge in [-0.1, -0.05) is 30.3 Å². The predicted octanol–water partition coefficient (Wildman–Crippen LogP) is 2.72. The number of hydrogen-bond donors (Lipinski definition) is 3. The summed E-state index contributed by atoms with van der Waals surface area (Å²) >= 11 is 5.93. The lowest BCUT2D eigenvalue weighted by molar-refractivity contribution is -0.127. The Hall–Kier alpha value is -2.93. The molecule has 1 saturated heterocycles. The van der Waals surface area contributed by atoms with E-state index in [4.69, 9.17) is 22.7 Å². The Morgan fingerprint density at radius 3 is 2.81 bits per heavy atom. The minimum absolute atomic E-state index is 0.00807. The minimum atomic E-state index is -0.0853. The average Bonchev–Trinajstić information content (AvgIpc) is 2.68. The molecule has 27 heavy (non-hydrogen) atoms. The van der Waals surface area contributed by atoms with Crippen LogP contribution in [0.2, 0.25) is 5.02 Å². The van der Waals surface area contributed by atoms with Gasteiger partial charge in [-0.05, 0) is 31.1 Å². The molecule has 0 saturated carbocycles. The molecule has 7 nitrogen and oxygen atoms in total. The number of nitrogens with one attached hydrogen (secondary N) is 2. The quantitative estimate of drug-likeness (QED) is 0.542. The van der Waals surface area contributed by atoms with Gasteiger partial charge in [-0.3, -0.25) is 10.2 Å². The Bertz CT molecular complexity index is 867. The third-order valence-electron chi connectivity index (χ3n) is 4.51. The Kier molecular flexibility index (Phi) is 5.71. The highest BCUT2D eigenvalue weighted by Gasteiger charge is 2.24. The van der Waals surface area contributed by atoms with Crippen LogP contribution >= 0.6 is 11.6 Å². The van der Waals surface area contributed by atoms with Gasteiger partial charge < -0.3 is 16.0 Å². The first-order valence-corrected chi connectivity index (χ1v) is 9.00. The number of amides is 1. The number of carbonyl (C=O) groups excluding carboxylic acids is 1. The largest absolute Gasteiger partial charge is 0.383 e. The van der Waals surface area contributed by atoms with E-state index in [1.807, 2.05) is 0 Å². The van der Waals surface area contributed by atoms with E-state index in [0.29, 0.717) is 35.1 Å². The van der Waals surface area contributed by atoms with Crippen LogP contribution in [0, 0.1) is 5.41 Å². The molecule has 140 valence electrons. The number of aromatic nitrogens is 2. The predicted molar refractivity (Wildman–Crippen MR) is 107 cm³/mol. The molecule has 1 atom stereocenters. The summed E-state index contributed by atoms with van der Waals surface area (Å²) in [6, 6.07) is 6.96. The molecule has 1 fully saturated rings. The second kappa shape index (κ2) is 8.18. The van der Waals surface area contributed by atoms with Crippen molar-refractivity contribution in [3.05, 3.63) is 59.4 Å². The first-order chi connectivity index (χ1) is 13.0. The van der Waals surface area contributed by atoms with Crippen molar-refractivity contribution < 1.29 is 4.79 Å². The van der Waals surface area contributed by atoms with Gasteiger partial charge in [0.05, 0.1) is 11.3 Å². The topological polar surface area (TPSA) is 108 Å². The van der Waals surface area contributed by atoms with Crippen molar-refractivity contribution >= 4 is 34.9 Å². The van der Waals surface area contributed by atoms with E-state index < -0.39 is 0 Å². The second-order valence-corrected chi connectivity index (χ2v) is 6.77. The first-order valence-electron chi connectivity index (χ1n) is 8.62. The highest BCUT2D eigenvalue weighted by atomic mass is 35.5. The van der Waals surface area contributed by atoms with Gasteiger partial charge in [-0.2, -0.15) is 0 Å². The lowest BCUT2D eigenvalue weighted by Gasteiger charge is -2.33. The molecule has 8 heteroatoms. The molecule has 0 aliphatic carbocycles. The van der Waals surface area contributed by atoms with E-state index in [2.05, 4.69) is 21.9 Å². The van der Waals surface area contributed by atoms with E-state index in [1.165, 1.54) is 12.4 Å². The van der Waals surface area contributed by atoms with Gasteiger partial charge in [0.1, 0.15) is 18.0 Å². The summed E-state index contributed by atoms with van der Waals surface area (Å²) in [6.45, 7) is 4.80. The Labute approximate surface area is 162 Å². The lowest BCUT2D eigenvalue weighted by atomic mass is 10.0. The minimum Gasteiger partial charge on any atom is -0.383 e. The molecule has 1 aliphatic heterocycles. The van der Waals surface area contributed by atoms with Crippen LogP contribution in [-0.4, -0.2) is 45.6 Å². The zero-order valence-electron chi connectivity index (χ0n) is 14.8. The summed E-state index contributed by atoms with van der Waals surface area (Å²) in [6.07, 6.45) is 4.46. The zero-order chi connectivity index (χ0) is 19.4. The number of piperidine rings is 1. The van der Waals surface area contributed by atoms with Crippen LogP contribution in [0.3, 0.4) is 0 Å². The fourth-order valence-electron chi connectivity index (χ4n) is 3.13. The van der Waals surface area contributed by atoms with Gasteiger partial charge in [0.25, 0.3) is 0 Å². The average molecular weight is 385 g/mol. The zero-order valence-corrected chi connectivity index (χ0v) is 15.5. The fourth-order valence-corrected chi connectivity index (χ4v) is 3.26. The Morgan fingerprint density at radius 1 is 1.37 bits per heavy atom. The van der Waals surface area contributed by atoms with Crippen LogP contribution in [-0.2, 0) is 4.79 Å². The van der Waals surface area contributed by atoms with E-state index in [9.17, 15) is 4.79 Å². The van der Waals surface area contributed by atoms with E-state index in [-0.39, 0.29) is 23.5 Å². The molecule has 3 rings (SSSR count). The number of carbonyl (C=O) groups is 1. The number of nitrogen functional groups attached to an aromatic ring is 1. The van der Waals surface area contributed by atoms with Gasteiger partial charge in [0, 0.05) is 29.7 Å². The van der Waals surface area contributed by atoms with Crippen molar-refractivity contribution in [3.63, 3.8) is 0 Å². The van der Waals surface area contributed by atoms with Crippen LogP contribution in [0.25, 0.3) is 0 Å². The molecule has 0 spiro atoms. The van der Waals surface area contributed by atoms with Crippen molar-refractivity contribution in [1.29, 1.82) is 5.41 Å². The van der Waals surface area contributed by atoms with E-state index in [0.717, 1.165) is 12.8 Å². The normalized spacial score (nSPS) is 16.6. The molecule has 1 aromatic heterocycles. The lowest BCUT2D eigenvalue weighted by Crippen LogP contribution is -2.44. The summed E-state index contributed by atoms with van der Waals surface area (Å²) in [5.74, 6) is 0.625. The van der Waals surface area contributed by atoms with Gasteiger partial charge in [0.15, 0.2) is 0 Å². The van der Waals surface area contributed by atoms with E-state index in [1.54, 1.807) is 29.2 Å². The van der Waals surface area contributed by atoms with Crippen molar-refractivity contribution in [1.82, 2.24) is 14.9 Å². The van der Waals surface area contributed by atoms with Crippen molar-refractivity contribution in [2.24, 2.45) is 0 Å². The van der Waals surface area contributed by atoms with Gasteiger partial charge in [-0.15, -0.1) is 0 Å². The standard InChI is InChI=1S/C19H21ClN6O/c1-2-15(27)26-9-3-4-14(10-26)25-19-16(18(22)23-11-24-19)17(21)12-5-7-13(20)8-6-12/h2,5-8,11,14,21H,1,3-4,9-10H2,(H3,22,23,24,25). The summed E-state index contributed by atoms with van der Waals surface area (Å²) < 4.78 is 0. The highest BCUT2D eigenvalue weighted by Crippen LogP contribution is 2.24. The maximum atomic E-state index is 11.9. The summed E-state index contributed by atoms with van der Waals surface area (Å²) in [5.41, 5.74) is 7.37. The monoisotopic (exact) mass is 384 g/mol. The summed E-state index contributed by atoms with van der Waals surface area (Å²) in [7, 11) is 0. The number of nitrogens with two attached hydrogens (primary N) is 1. The molecule has 1 aromatic carbocycles. The van der Waals surface area contributed by atoms with Crippen LogP contribution in [0.15, 0.2) is 43.2 Å². The molecule has 1 aliphatic rings. The van der Waals surface area contributed by atoms with Crippen molar-refractivity contribution in [3.8, 4) is 0 Å². The van der Waals surface area contributed by atoms with Crippen LogP contribution in [0.5, 0.6) is 0 Å². The third-order valence-corrected chi connectivity index (χ3v) is 4.76. The van der Waals surface area contributed by atoms with Crippen LogP contribution < -0.4 is 11.1 Å². The number of hydrogen-bond acceptors (Lipinski definition) is 6. The Balaban J connectivity index is 1.85. The summed E-state index contributed by atoms with van der Waals surface area (Å²) in [5, 5.41) is 12.5. The molecule has 4 N–H and O–H groups in total. The number of benzene rings is 1. The molecule has 0 radical (unpaired) electrons. The highest BCUT2D eigenvalue weighted by molar-refractivity contribution is 6.30. The SMILES string of the molecule is C=CC(=O)N1CCCC(Nc2ncnc(N)c2C(=N)c2ccc(Cl)cc2)C1. The van der Waals surface area contributed by atoms with Crippen LogP contribution in [0.1, 0.15) is 24.0 Å². The number of rotatable bonds is 5. The first kappa shape index (κ1) is 18.8. The molecule has 2 heterocycles. The second-order valence-electron chi connectivity index (χ2n) is 6.34. The molecule has 1 unspecified atom stereocenters.